The Morgan fingerprint density at radius 2 is 2.21 bits per heavy atom. The van der Waals surface area contributed by atoms with Crippen LogP contribution < -0.4 is 15.4 Å². The number of rotatable bonds is 6. The van der Waals surface area contributed by atoms with Gasteiger partial charge in [-0.2, -0.15) is 0 Å². The van der Waals surface area contributed by atoms with Gasteiger partial charge in [0.15, 0.2) is 5.96 Å². The molecule has 1 unspecified atom stereocenters. The molecule has 1 aliphatic heterocycles. The summed E-state index contributed by atoms with van der Waals surface area (Å²) in [7, 11) is 1.76. The van der Waals surface area contributed by atoms with Gasteiger partial charge in [0.2, 0.25) is 5.88 Å². The van der Waals surface area contributed by atoms with Gasteiger partial charge >= 0.3 is 6.09 Å². The Bertz CT molecular complexity index is 672. The van der Waals surface area contributed by atoms with E-state index in [1.54, 1.807) is 13.2 Å². The van der Waals surface area contributed by atoms with Crippen molar-refractivity contribution >= 4 is 12.1 Å². The quantitative estimate of drug-likeness (QED) is 0.572. The first-order chi connectivity index (χ1) is 13.3. The third-order valence-electron chi connectivity index (χ3n) is 4.15. The summed E-state index contributed by atoms with van der Waals surface area (Å²) in [6.07, 6.45) is 3.13. The number of hydrogen-bond acceptors (Lipinski definition) is 5. The average molecular weight is 392 g/mol. The average Bonchev–Trinajstić information content (AvgIpc) is 3.07. The number of pyridine rings is 1. The van der Waals surface area contributed by atoms with Crippen LogP contribution in [0, 0.1) is 0 Å². The van der Waals surface area contributed by atoms with E-state index in [2.05, 4.69) is 32.4 Å². The maximum Gasteiger partial charge on any atom is 0.407 e. The van der Waals surface area contributed by atoms with Gasteiger partial charge < -0.3 is 25.0 Å². The fourth-order valence-corrected chi connectivity index (χ4v) is 2.94. The lowest BCUT2D eigenvalue weighted by Gasteiger charge is -2.23. The molecule has 0 saturated carbocycles. The lowest BCUT2D eigenvalue weighted by Crippen LogP contribution is -2.44. The molecule has 0 bridgehead atoms. The molecule has 2 heterocycles. The summed E-state index contributed by atoms with van der Waals surface area (Å²) in [5.74, 6) is 1.44. The van der Waals surface area contributed by atoms with E-state index in [0.717, 1.165) is 30.9 Å². The molecule has 0 aromatic carbocycles. The third kappa shape index (κ3) is 6.90. The van der Waals surface area contributed by atoms with E-state index >= 15 is 0 Å². The third-order valence-corrected chi connectivity index (χ3v) is 4.15. The lowest BCUT2D eigenvalue weighted by atomic mass is 10.2. The van der Waals surface area contributed by atoms with Gasteiger partial charge in [0.1, 0.15) is 5.60 Å². The highest BCUT2D eigenvalue weighted by molar-refractivity contribution is 5.80. The zero-order valence-corrected chi connectivity index (χ0v) is 17.6. The van der Waals surface area contributed by atoms with Crippen LogP contribution in [0.4, 0.5) is 4.79 Å². The molecule has 1 aromatic heterocycles. The number of nitrogens with zero attached hydrogens (tertiary/aromatic N) is 3. The smallest absolute Gasteiger partial charge is 0.407 e. The number of nitrogens with one attached hydrogen (secondary N) is 2. The Morgan fingerprint density at radius 3 is 2.89 bits per heavy atom. The monoisotopic (exact) mass is 391 g/mol. The minimum Gasteiger partial charge on any atom is -0.477 e. The molecule has 1 aliphatic rings. The lowest BCUT2D eigenvalue weighted by molar-refractivity contribution is 0.0507. The minimum absolute atomic E-state index is 0.0373. The van der Waals surface area contributed by atoms with Crippen molar-refractivity contribution in [3.05, 3.63) is 23.9 Å². The van der Waals surface area contributed by atoms with Crippen molar-refractivity contribution in [1.82, 2.24) is 20.5 Å². The molecule has 2 rings (SSSR count). The number of amides is 1. The van der Waals surface area contributed by atoms with Gasteiger partial charge in [-0.3, -0.25) is 4.99 Å². The molecule has 1 fully saturated rings. The first kappa shape index (κ1) is 21.8. The largest absolute Gasteiger partial charge is 0.477 e. The Hall–Kier alpha value is -2.51. The van der Waals surface area contributed by atoms with Crippen LogP contribution in [0.3, 0.4) is 0 Å². The predicted octanol–water partition coefficient (Wildman–Crippen LogP) is 2.54. The van der Waals surface area contributed by atoms with E-state index in [4.69, 9.17) is 9.47 Å². The Labute approximate surface area is 167 Å². The Balaban J connectivity index is 1.87. The minimum atomic E-state index is -0.499. The van der Waals surface area contributed by atoms with Crippen LogP contribution in [0.2, 0.25) is 0 Å². The van der Waals surface area contributed by atoms with Gasteiger partial charge in [-0.25, -0.2) is 9.78 Å². The second kappa shape index (κ2) is 10.1. The van der Waals surface area contributed by atoms with Crippen molar-refractivity contribution in [2.75, 3.05) is 26.7 Å². The zero-order valence-electron chi connectivity index (χ0n) is 17.6. The van der Waals surface area contributed by atoms with Crippen LogP contribution in [-0.2, 0) is 11.3 Å². The van der Waals surface area contributed by atoms with Crippen LogP contribution in [0.25, 0.3) is 0 Å². The van der Waals surface area contributed by atoms with Crippen molar-refractivity contribution in [3.8, 4) is 5.88 Å². The van der Waals surface area contributed by atoms with Crippen LogP contribution in [-0.4, -0.2) is 60.3 Å². The summed E-state index contributed by atoms with van der Waals surface area (Å²) in [6.45, 7) is 10.3. The van der Waals surface area contributed by atoms with Gasteiger partial charge in [0, 0.05) is 38.4 Å². The molecule has 1 atom stereocenters. The topological polar surface area (TPSA) is 88.1 Å². The van der Waals surface area contributed by atoms with Gasteiger partial charge in [0.25, 0.3) is 0 Å². The zero-order chi connectivity index (χ0) is 20.6. The fraction of sp³-hybridized carbons (Fsp3) is 0.650. The standard InChI is InChI=1S/C20H33N5O3/c1-6-12-27-17-15(8-7-10-22-17)13-23-18(21-5)25-11-9-16(14-25)24-19(26)28-20(2,3)4/h7-8,10,16H,6,9,11-14H2,1-5H3,(H,21,23)(H,24,26). The second-order valence-electron chi connectivity index (χ2n) is 7.79. The summed E-state index contributed by atoms with van der Waals surface area (Å²) in [4.78, 5) is 22.8. The number of ether oxygens (including phenoxy) is 2. The maximum atomic E-state index is 12.0. The van der Waals surface area contributed by atoms with E-state index in [9.17, 15) is 4.79 Å². The van der Waals surface area contributed by atoms with Crippen molar-refractivity contribution < 1.29 is 14.3 Å². The van der Waals surface area contributed by atoms with E-state index in [1.807, 2.05) is 32.9 Å². The molecular formula is C20H33N5O3. The number of alkyl carbamates (subject to hydrolysis) is 1. The molecule has 1 amide bonds. The highest BCUT2D eigenvalue weighted by atomic mass is 16.6. The number of hydrogen-bond donors (Lipinski definition) is 2. The second-order valence-corrected chi connectivity index (χ2v) is 7.79. The molecule has 2 N–H and O–H groups in total. The molecule has 0 spiro atoms. The molecule has 8 nitrogen and oxygen atoms in total. The van der Waals surface area contributed by atoms with Crippen LogP contribution in [0.1, 0.15) is 46.1 Å². The number of aliphatic imine (C=N–C) groups is 1. The number of carbonyl (C=O) groups excluding carboxylic acids is 1. The van der Waals surface area contributed by atoms with Crippen molar-refractivity contribution in [2.24, 2.45) is 4.99 Å². The van der Waals surface area contributed by atoms with Gasteiger partial charge in [-0.05, 0) is 39.7 Å². The van der Waals surface area contributed by atoms with E-state index < -0.39 is 5.60 Å². The molecule has 1 aromatic rings. The van der Waals surface area contributed by atoms with Crippen LogP contribution >= 0.6 is 0 Å². The fourth-order valence-electron chi connectivity index (χ4n) is 2.94. The first-order valence-electron chi connectivity index (χ1n) is 9.84. The molecule has 0 radical (unpaired) electrons. The van der Waals surface area contributed by atoms with E-state index in [0.29, 0.717) is 25.6 Å². The van der Waals surface area contributed by atoms with E-state index in [-0.39, 0.29) is 12.1 Å². The number of aromatic nitrogens is 1. The maximum absolute atomic E-state index is 12.0. The van der Waals surface area contributed by atoms with Crippen LogP contribution in [0.15, 0.2) is 23.3 Å². The summed E-state index contributed by atoms with van der Waals surface area (Å²) in [5, 5.41) is 6.30. The van der Waals surface area contributed by atoms with Gasteiger partial charge in [-0.15, -0.1) is 0 Å². The van der Waals surface area contributed by atoms with Gasteiger partial charge in [0.05, 0.1) is 12.6 Å². The molecular weight excluding hydrogens is 358 g/mol. The van der Waals surface area contributed by atoms with Crippen molar-refractivity contribution in [3.63, 3.8) is 0 Å². The van der Waals surface area contributed by atoms with E-state index in [1.165, 1.54) is 0 Å². The molecule has 8 heteroatoms. The molecule has 28 heavy (non-hydrogen) atoms. The van der Waals surface area contributed by atoms with Crippen molar-refractivity contribution in [2.45, 2.75) is 58.7 Å². The van der Waals surface area contributed by atoms with Gasteiger partial charge in [-0.1, -0.05) is 13.0 Å². The normalized spacial score (nSPS) is 17.4. The molecule has 156 valence electrons. The summed E-state index contributed by atoms with van der Waals surface area (Å²) in [5.41, 5.74) is 0.487. The SMILES string of the molecule is CCCOc1ncccc1CNC(=NC)N1CCC(NC(=O)OC(C)(C)C)C1. The summed E-state index contributed by atoms with van der Waals surface area (Å²) in [6, 6.07) is 3.93. The Kier molecular flexibility index (Phi) is 7.90. The predicted molar refractivity (Wildman–Crippen MR) is 110 cm³/mol. The number of likely N-dealkylation sites (tertiary alicyclic amines) is 1. The highest BCUT2D eigenvalue weighted by Gasteiger charge is 2.27. The van der Waals surface area contributed by atoms with Crippen molar-refractivity contribution in [1.29, 1.82) is 0 Å². The summed E-state index contributed by atoms with van der Waals surface area (Å²) < 4.78 is 11.0. The number of guanidine groups is 1. The first-order valence-corrected chi connectivity index (χ1v) is 9.84. The molecule has 0 aliphatic carbocycles. The highest BCUT2D eigenvalue weighted by Crippen LogP contribution is 2.16. The van der Waals surface area contributed by atoms with Crippen LogP contribution in [0.5, 0.6) is 5.88 Å². The molecule has 1 saturated heterocycles. The number of carbonyl (C=O) groups is 1. The summed E-state index contributed by atoms with van der Waals surface area (Å²) >= 11 is 0. The Morgan fingerprint density at radius 1 is 1.43 bits per heavy atom.